The first-order valence-corrected chi connectivity index (χ1v) is 11.2. The van der Waals surface area contributed by atoms with Crippen LogP contribution in [0.3, 0.4) is 0 Å². The summed E-state index contributed by atoms with van der Waals surface area (Å²) in [6.45, 7) is 4.06. The molecule has 3 aromatic carbocycles. The second-order valence-electron chi connectivity index (χ2n) is 8.09. The van der Waals surface area contributed by atoms with Crippen LogP contribution in [-0.2, 0) is 11.2 Å². The predicted molar refractivity (Wildman–Crippen MR) is 135 cm³/mol. The van der Waals surface area contributed by atoms with Gasteiger partial charge in [-0.05, 0) is 66.9 Å². The van der Waals surface area contributed by atoms with Gasteiger partial charge >= 0.3 is 0 Å². The van der Waals surface area contributed by atoms with Crippen LogP contribution in [0, 0.1) is 6.92 Å². The molecular formula is C29H24N2O3. The van der Waals surface area contributed by atoms with E-state index >= 15 is 0 Å². The number of rotatable bonds is 6. The van der Waals surface area contributed by atoms with Gasteiger partial charge in [0.05, 0.1) is 0 Å². The molecule has 0 atom stereocenters. The Kier molecular flexibility index (Phi) is 5.83. The molecule has 5 rings (SSSR count). The zero-order valence-electron chi connectivity index (χ0n) is 19.0. The number of hydrogen-bond donors (Lipinski definition) is 1. The minimum Gasteiger partial charge on any atom is -0.457 e. The summed E-state index contributed by atoms with van der Waals surface area (Å²) in [6, 6.07) is 25.4. The molecule has 0 aliphatic heterocycles. The number of oxazole rings is 1. The maximum Gasteiger partial charge on any atom is 0.248 e. The van der Waals surface area contributed by atoms with Crippen molar-refractivity contribution < 1.29 is 13.6 Å². The van der Waals surface area contributed by atoms with Crippen molar-refractivity contribution in [3.63, 3.8) is 0 Å². The fraction of sp³-hybridized carbons (Fsp3) is 0.103. The number of benzene rings is 3. The Morgan fingerprint density at radius 3 is 2.62 bits per heavy atom. The lowest BCUT2D eigenvalue weighted by atomic mass is 10.1. The molecule has 5 aromatic rings. The van der Waals surface area contributed by atoms with Crippen molar-refractivity contribution in [2.45, 2.75) is 20.3 Å². The van der Waals surface area contributed by atoms with Crippen LogP contribution in [0.1, 0.15) is 23.8 Å². The van der Waals surface area contributed by atoms with Gasteiger partial charge in [-0.3, -0.25) is 4.79 Å². The number of carbonyl (C=O) groups excluding carboxylic acids is 1. The average molecular weight is 449 g/mol. The van der Waals surface area contributed by atoms with Gasteiger partial charge in [-0.25, -0.2) is 4.98 Å². The number of fused-ring (bicyclic) bond motifs is 1. The number of aryl methyl sites for hydroxylation is 2. The molecule has 0 fully saturated rings. The van der Waals surface area contributed by atoms with Crippen LogP contribution >= 0.6 is 0 Å². The van der Waals surface area contributed by atoms with Crippen LogP contribution in [0.4, 0.5) is 5.69 Å². The summed E-state index contributed by atoms with van der Waals surface area (Å²) in [5, 5.41) is 2.94. The second kappa shape index (κ2) is 9.24. The summed E-state index contributed by atoms with van der Waals surface area (Å²) in [5.41, 5.74) is 6.23. The van der Waals surface area contributed by atoms with Crippen LogP contribution < -0.4 is 5.32 Å². The molecule has 5 nitrogen and oxygen atoms in total. The zero-order chi connectivity index (χ0) is 23.5. The van der Waals surface area contributed by atoms with Crippen LogP contribution in [-0.4, -0.2) is 10.9 Å². The fourth-order valence-corrected chi connectivity index (χ4v) is 3.74. The van der Waals surface area contributed by atoms with Gasteiger partial charge in [0, 0.05) is 22.9 Å². The molecule has 1 N–H and O–H groups in total. The molecule has 168 valence electrons. The van der Waals surface area contributed by atoms with Crippen LogP contribution in [0.25, 0.3) is 40.0 Å². The Balaban J connectivity index is 1.32. The van der Waals surface area contributed by atoms with Crippen LogP contribution in [0.15, 0.2) is 93.8 Å². The highest BCUT2D eigenvalue weighted by atomic mass is 16.3. The van der Waals surface area contributed by atoms with Crippen LogP contribution in [0.5, 0.6) is 0 Å². The number of aromatic nitrogens is 1. The minimum atomic E-state index is -0.247. The van der Waals surface area contributed by atoms with Gasteiger partial charge in [0.1, 0.15) is 17.0 Å². The molecule has 1 amide bonds. The number of carbonyl (C=O) groups is 1. The van der Waals surface area contributed by atoms with Crippen molar-refractivity contribution in [2.24, 2.45) is 0 Å². The van der Waals surface area contributed by atoms with E-state index in [0.29, 0.717) is 17.3 Å². The average Bonchev–Trinajstić information content (AvgIpc) is 3.51. The van der Waals surface area contributed by atoms with E-state index in [1.165, 1.54) is 11.6 Å². The van der Waals surface area contributed by atoms with E-state index in [2.05, 4.69) is 17.2 Å². The van der Waals surface area contributed by atoms with E-state index in [4.69, 9.17) is 8.83 Å². The molecule has 0 bridgehead atoms. The Hall–Kier alpha value is -4.38. The lowest BCUT2D eigenvalue weighted by Crippen LogP contribution is -2.09. The van der Waals surface area contributed by atoms with Gasteiger partial charge in [0.15, 0.2) is 5.58 Å². The number of nitrogens with one attached hydrogen (secondary N) is 1. The van der Waals surface area contributed by atoms with Crippen molar-refractivity contribution in [1.82, 2.24) is 4.98 Å². The Bertz CT molecular complexity index is 1490. The maximum atomic E-state index is 12.6. The van der Waals surface area contributed by atoms with E-state index in [0.717, 1.165) is 40.0 Å². The lowest BCUT2D eigenvalue weighted by Gasteiger charge is -2.07. The third-order valence-corrected chi connectivity index (χ3v) is 5.69. The third-order valence-electron chi connectivity index (χ3n) is 5.69. The van der Waals surface area contributed by atoms with Crippen LogP contribution in [0.2, 0.25) is 0 Å². The molecule has 0 aliphatic rings. The summed E-state index contributed by atoms with van der Waals surface area (Å²) in [7, 11) is 0. The van der Waals surface area contributed by atoms with E-state index in [1.54, 1.807) is 6.08 Å². The van der Waals surface area contributed by atoms with E-state index in [-0.39, 0.29) is 5.91 Å². The number of amides is 1. The molecule has 0 saturated heterocycles. The Morgan fingerprint density at radius 1 is 0.941 bits per heavy atom. The summed E-state index contributed by atoms with van der Waals surface area (Å²) in [4.78, 5) is 17.2. The van der Waals surface area contributed by atoms with Crippen molar-refractivity contribution in [3.8, 4) is 22.8 Å². The molecule has 0 aliphatic carbocycles. The molecule has 2 heterocycles. The minimum absolute atomic E-state index is 0.247. The molecule has 5 heteroatoms. The largest absolute Gasteiger partial charge is 0.457 e. The van der Waals surface area contributed by atoms with Crippen molar-refractivity contribution in [1.29, 1.82) is 0 Å². The first-order chi connectivity index (χ1) is 16.6. The first-order valence-electron chi connectivity index (χ1n) is 11.2. The van der Waals surface area contributed by atoms with E-state index < -0.39 is 0 Å². The van der Waals surface area contributed by atoms with Crippen molar-refractivity contribution in [3.05, 3.63) is 102 Å². The molecule has 0 unspecified atom stereocenters. The standard InChI is InChI=1S/C29H24N2O3/c1-3-20-10-14-27-25(17-20)31-29(34-27)22-11-9-19(2)24(18-22)30-28(32)16-13-23-12-15-26(33-23)21-7-5-4-6-8-21/h4-18H,3H2,1-2H3,(H,30,32)/b16-13+. The normalized spacial score (nSPS) is 11.4. The van der Waals surface area contributed by atoms with Gasteiger partial charge in [0.2, 0.25) is 11.8 Å². The predicted octanol–water partition coefficient (Wildman–Crippen LogP) is 7.28. The second-order valence-corrected chi connectivity index (χ2v) is 8.09. The molecule has 0 spiro atoms. The maximum absolute atomic E-state index is 12.6. The topological polar surface area (TPSA) is 68.3 Å². The number of hydrogen-bond acceptors (Lipinski definition) is 4. The van der Waals surface area contributed by atoms with E-state index in [9.17, 15) is 4.79 Å². The van der Waals surface area contributed by atoms with Gasteiger partial charge in [-0.2, -0.15) is 0 Å². The summed E-state index contributed by atoms with van der Waals surface area (Å²) < 4.78 is 11.8. The molecule has 0 radical (unpaired) electrons. The SMILES string of the molecule is CCc1ccc2oc(-c3ccc(C)c(NC(=O)/C=C/c4ccc(-c5ccccc5)o4)c3)nc2c1. The van der Waals surface area contributed by atoms with Gasteiger partial charge in [-0.15, -0.1) is 0 Å². The first kappa shape index (κ1) is 21.5. The highest BCUT2D eigenvalue weighted by Gasteiger charge is 2.11. The Morgan fingerprint density at radius 2 is 1.79 bits per heavy atom. The van der Waals surface area contributed by atoms with Gasteiger partial charge < -0.3 is 14.2 Å². The number of nitrogens with zero attached hydrogens (tertiary/aromatic N) is 1. The number of anilines is 1. The highest BCUT2D eigenvalue weighted by molar-refractivity contribution is 6.02. The van der Waals surface area contributed by atoms with Gasteiger partial charge in [0.25, 0.3) is 0 Å². The summed E-state index contributed by atoms with van der Waals surface area (Å²) in [5.74, 6) is 1.65. The van der Waals surface area contributed by atoms with Gasteiger partial charge in [-0.1, -0.05) is 49.4 Å². The quantitative estimate of drug-likeness (QED) is 0.277. The lowest BCUT2D eigenvalue weighted by molar-refractivity contribution is -0.111. The smallest absolute Gasteiger partial charge is 0.248 e. The number of furan rings is 1. The third kappa shape index (κ3) is 4.55. The summed E-state index contributed by atoms with van der Waals surface area (Å²) in [6.07, 6.45) is 4.07. The van der Waals surface area contributed by atoms with E-state index in [1.807, 2.05) is 85.8 Å². The molecule has 0 saturated carbocycles. The molecular weight excluding hydrogens is 424 g/mol. The van der Waals surface area contributed by atoms with Crippen molar-refractivity contribution in [2.75, 3.05) is 5.32 Å². The zero-order valence-corrected chi connectivity index (χ0v) is 19.0. The molecule has 2 aromatic heterocycles. The summed E-state index contributed by atoms with van der Waals surface area (Å²) >= 11 is 0. The highest BCUT2D eigenvalue weighted by Crippen LogP contribution is 2.29. The molecule has 34 heavy (non-hydrogen) atoms. The van der Waals surface area contributed by atoms with Crippen molar-refractivity contribution >= 4 is 28.8 Å². The monoisotopic (exact) mass is 448 g/mol. The Labute approximate surface area is 197 Å². The fourth-order valence-electron chi connectivity index (χ4n) is 3.74.